The van der Waals surface area contributed by atoms with Crippen LogP contribution in [0, 0.1) is 13.8 Å². The van der Waals surface area contributed by atoms with Gasteiger partial charge in [-0.05, 0) is 46.6 Å². The molecule has 0 aliphatic rings. The largest absolute Gasteiger partial charge is 0.357 e. The van der Waals surface area contributed by atoms with Crippen molar-refractivity contribution in [3.8, 4) is 0 Å². The summed E-state index contributed by atoms with van der Waals surface area (Å²) in [5, 5.41) is 10.9. The Labute approximate surface area is 169 Å². The molecule has 1 rings (SSSR count). The van der Waals surface area contributed by atoms with Crippen LogP contribution in [0.15, 0.2) is 11.1 Å². The van der Waals surface area contributed by atoms with Gasteiger partial charge in [0.25, 0.3) is 0 Å². The first kappa shape index (κ1) is 24.2. The molecule has 0 aliphatic heterocycles. The van der Waals surface area contributed by atoms with Gasteiger partial charge in [0.05, 0.1) is 11.4 Å². The van der Waals surface area contributed by atoms with Crippen molar-refractivity contribution in [3.63, 3.8) is 0 Å². The monoisotopic (exact) mass is 485 g/mol. The average molecular weight is 485 g/mol. The lowest BCUT2D eigenvalue weighted by Gasteiger charge is -2.17. The van der Waals surface area contributed by atoms with Crippen LogP contribution in [-0.4, -0.2) is 55.3 Å². The van der Waals surface area contributed by atoms with Gasteiger partial charge in [-0.15, -0.1) is 24.0 Å². The summed E-state index contributed by atoms with van der Waals surface area (Å²) < 4.78 is 24.5. The molecule has 0 bridgehead atoms. The summed E-state index contributed by atoms with van der Waals surface area (Å²) in [6.07, 6.45) is 2.73. The van der Waals surface area contributed by atoms with Crippen molar-refractivity contribution in [2.24, 2.45) is 4.99 Å². The highest BCUT2D eigenvalue weighted by Gasteiger charge is 2.09. The van der Waals surface area contributed by atoms with Crippen molar-refractivity contribution in [1.29, 1.82) is 0 Å². The molecule has 1 aromatic rings. The van der Waals surface area contributed by atoms with Crippen LogP contribution in [0.3, 0.4) is 0 Å². The van der Waals surface area contributed by atoms with E-state index < -0.39 is 9.84 Å². The van der Waals surface area contributed by atoms with Gasteiger partial charge in [-0.2, -0.15) is 5.10 Å². The van der Waals surface area contributed by atoms with E-state index in [9.17, 15) is 8.42 Å². The smallest absolute Gasteiger partial charge is 0.191 e. The number of hydrogen-bond acceptors (Lipinski definition) is 4. The molecule has 7 nitrogen and oxygen atoms in total. The van der Waals surface area contributed by atoms with E-state index in [1.165, 1.54) is 6.26 Å². The number of nitrogens with one attached hydrogen (secondary N) is 2. The summed E-state index contributed by atoms with van der Waals surface area (Å²) in [5.74, 6) is 0.908. The van der Waals surface area contributed by atoms with Crippen LogP contribution < -0.4 is 10.6 Å². The summed E-state index contributed by atoms with van der Waals surface area (Å²) in [6, 6.07) is 2.12. The maximum absolute atomic E-state index is 11.2. The molecule has 1 aromatic heterocycles. The second-order valence-electron chi connectivity index (χ2n) is 6.23. The maximum atomic E-state index is 11.2. The van der Waals surface area contributed by atoms with Crippen LogP contribution >= 0.6 is 24.0 Å². The Balaban J connectivity index is 0.00000576. The zero-order valence-corrected chi connectivity index (χ0v) is 19.0. The van der Waals surface area contributed by atoms with Gasteiger partial charge in [0.15, 0.2) is 5.96 Å². The van der Waals surface area contributed by atoms with Crippen LogP contribution in [0.5, 0.6) is 0 Å². The molecule has 0 saturated carbocycles. The number of sulfone groups is 1. The maximum Gasteiger partial charge on any atom is 0.191 e. The molecule has 1 unspecified atom stereocenters. The minimum absolute atomic E-state index is 0. The summed E-state index contributed by atoms with van der Waals surface area (Å²) >= 11 is 0. The number of aryl methyl sites for hydroxylation is 3. The van der Waals surface area contributed by atoms with Crippen molar-refractivity contribution in [2.45, 2.75) is 53.1 Å². The number of rotatable bonds is 9. The first-order valence-corrected chi connectivity index (χ1v) is 10.5. The van der Waals surface area contributed by atoms with Gasteiger partial charge in [-0.25, -0.2) is 8.42 Å². The van der Waals surface area contributed by atoms with Crippen molar-refractivity contribution in [2.75, 3.05) is 25.1 Å². The molecule has 0 spiro atoms. The van der Waals surface area contributed by atoms with Crippen LogP contribution in [0.25, 0.3) is 0 Å². The first-order valence-electron chi connectivity index (χ1n) is 8.45. The molecule has 25 heavy (non-hydrogen) atoms. The van der Waals surface area contributed by atoms with Gasteiger partial charge in [0, 0.05) is 37.6 Å². The zero-order valence-electron chi connectivity index (χ0n) is 15.9. The highest BCUT2D eigenvalue weighted by Crippen LogP contribution is 2.02. The van der Waals surface area contributed by atoms with E-state index in [2.05, 4.69) is 33.7 Å². The molecular formula is C16H32IN5O2S. The van der Waals surface area contributed by atoms with Gasteiger partial charge < -0.3 is 10.6 Å². The fourth-order valence-corrected chi connectivity index (χ4v) is 3.11. The molecule has 0 aliphatic carbocycles. The zero-order chi connectivity index (χ0) is 18.2. The number of aromatic nitrogens is 2. The molecular weight excluding hydrogens is 453 g/mol. The number of guanidine groups is 1. The molecule has 0 radical (unpaired) electrons. The first-order chi connectivity index (χ1) is 11.2. The third-order valence-electron chi connectivity index (χ3n) is 3.55. The van der Waals surface area contributed by atoms with E-state index in [0.29, 0.717) is 13.0 Å². The fourth-order valence-electron chi connectivity index (χ4n) is 2.33. The normalized spacial score (nSPS) is 13.2. The Morgan fingerprint density at radius 1 is 1.40 bits per heavy atom. The summed E-state index contributed by atoms with van der Waals surface area (Å²) in [6.45, 7) is 10.3. The second kappa shape index (κ2) is 11.7. The fraction of sp³-hybridized carbons (Fsp3) is 0.750. The SMILES string of the molecule is CCNC(=NCCCn1nc(C)cc1C)NC(C)CCS(C)(=O)=O.I. The highest BCUT2D eigenvalue weighted by molar-refractivity contribution is 14.0. The average Bonchev–Trinajstić information content (AvgIpc) is 2.79. The van der Waals surface area contributed by atoms with Crippen molar-refractivity contribution in [1.82, 2.24) is 20.4 Å². The predicted molar refractivity (Wildman–Crippen MR) is 115 cm³/mol. The Bertz CT molecular complexity index is 643. The van der Waals surface area contributed by atoms with E-state index in [1.807, 2.05) is 25.5 Å². The third kappa shape index (κ3) is 10.7. The Hall–Kier alpha value is -0.840. The standard InChI is InChI=1S/C16H31N5O2S.HI/c1-6-17-16(19-13(2)8-11-24(5,22)23)18-9-7-10-21-15(4)12-14(3)20-21;/h12-13H,6-11H2,1-5H3,(H2,17,18,19);1H. The van der Waals surface area contributed by atoms with E-state index >= 15 is 0 Å². The molecule has 146 valence electrons. The number of hydrogen-bond donors (Lipinski definition) is 2. The van der Waals surface area contributed by atoms with E-state index in [4.69, 9.17) is 0 Å². The van der Waals surface area contributed by atoms with Crippen LogP contribution in [0.1, 0.15) is 38.1 Å². The minimum Gasteiger partial charge on any atom is -0.357 e. The molecule has 0 saturated heterocycles. The van der Waals surface area contributed by atoms with E-state index in [-0.39, 0.29) is 35.8 Å². The quantitative estimate of drug-likeness (QED) is 0.242. The highest BCUT2D eigenvalue weighted by atomic mass is 127. The van der Waals surface area contributed by atoms with Crippen LogP contribution in [-0.2, 0) is 16.4 Å². The summed E-state index contributed by atoms with van der Waals surface area (Å²) in [5.41, 5.74) is 2.20. The van der Waals surface area contributed by atoms with Gasteiger partial charge in [0.2, 0.25) is 0 Å². The molecule has 1 atom stereocenters. The Kier molecular flexibility index (Phi) is 11.3. The van der Waals surface area contributed by atoms with Crippen LogP contribution in [0.4, 0.5) is 0 Å². The van der Waals surface area contributed by atoms with E-state index in [1.54, 1.807) is 0 Å². The van der Waals surface area contributed by atoms with Gasteiger partial charge in [-0.3, -0.25) is 9.67 Å². The topological polar surface area (TPSA) is 88.4 Å². The van der Waals surface area contributed by atoms with Crippen molar-refractivity contribution < 1.29 is 8.42 Å². The Morgan fingerprint density at radius 2 is 2.08 bits per heavy atom. The third-order valence-corrected chi connectivity index (χ3v) is 4.53. The second-order valence-corrected chi connectivity index (χ2v) is 8.49. The summed E-state index contributed by atoms with van der Waals surface area (Å²) in [4.78, 5) is 4.55. The minimum atomic E-state index is -2.93. The molecule has 0 amide bonds. The molecule has 2 N–H and O–H groups in total. The van der Waals surface area contributed by atoms with Crippen molar-refractivity contribution >= 4 is 39.8 Å². The Morgan fingerprint density at radius 3 is 2.60 bits per heavy atom. The lowest BCUT2D eigenvalue weighted by Crippen LogP contribution is -2.43. The van der Waals surface area contributed by atoms with Gasteiger partial charge in [-0.1, -0.05) is 0 Å². The summed E-state index contributed by atoms with van der Waals surface area (Å²) in [7, 11) is -2.93. The van der Waals surface area contributed by atoms with Crippen LogP contribution in [0.2, 0.25) is 0 Å². The lowest BCUT2D eigenvalue weighted by molar-refractivity contribution is 0.563. The van der Waals surface area contributed by atoms with Gasteiger partial charge in [0.1, 0.15) is 9.84 Å². The van der Waals surface area contributed by atoms with E-state index in [0.717, 1.165) is 36.9 Å². The molecule has 1 heterocycles. The van der Waals surface area contributed by atoms with Gasteiger partial charge >= 0.3 is 0 Å². The number of halogens is 1. The number of aliphatic imine (C=N–C) groups is 1. The molecule has 0 aromatic carbocycles. The predicted octanol–water partition coefficient (Wildman–Crippen LogP) is 1.89. The lowest BCUT2D eigenvalue weighted by atomic mass is 10.3. The van der Waals surface area contributed by atoms with Crippen molar-refractivity contribution in [3.05, 3.63) is 17.5 Å². The molecule has 9 heteroatoms. The molecule has 0 fully saturated rings. The number of nitrogens with zero attached hydrogens (tertiary/aromatic N) is 3.